The summed E-state index contributed by atoms with van der Waals surface area (Å²) in [6.07, 6.45) is 1.28. The predicted molar refractivity (Wildman–Crippen MR) is 69.1 cm³/mol. The Kier molecular flexibility index (Phi) is 3.43. The van der Waals surface area contributed by atoms with Gasteiger partial charge in [-0.2, -0.15) is 0 Å². The summed E-state index contributed by atoms with van der Waals surface area (Å²) >= 11 is 0. The predicted octanol–water partition coefficient (Wildman–Crippen LogP) is 3.49. The van der Waals surface area contributed by atoms with Crippen molar-refractivity contribution < 1.29 is 9.90 Å². The fraction of sp³-hybridized carbons (Fsp3) is 0.267. The van der Waals surface area contributed by atoms with E-state index in [1.807, 2.05) is 25.1 Å². The molecule has 0 heterocycles. The molecule has 2 aromatic carbocycles. The minimum absolute atomic E-state index is 0.281. The fourth-order valence-corrected chi connectivity index (χ4v) is 2.06. The lowest BCUT2D eigenvalue weighted by Gasteiger charge is -2.10. The van der Waals surface area contributed by atoms with E-state index >= 15 is 0 Å². The first-order valence-electron chi connectivity index (χ1n) is 5.91. The largest absolute Gasteiger partial charge is 0.481 e. The van der Waals surface area contributed by atoms with Crippen molar-refractivity contribution in [1.82, 2.24) is 0 Å². The van der Waals surface area contributed by atoms with E-state index < -0.39 is 5.97 Å². The Hall–Kier alpha value is -1.83. The second-order valence-corrected chi connectivity index (χ2v) is 4.33. The van der Waals surface area contributed by atoms with Gasteiger partial charge in [-0.3, -0.25) is 4.79 Å². The average Bonchev–Trinajstić information content (AvgIpc) is 2.35. The number of benzene rings is 2. The van der Waals surface area contributed by atoms with E-state index in [9.17, 15) is 4.79 Å². The molecule has 0 fully saturated rings. The van der Waals surface area contributed by atoms with Gasteiger partial charge in [-0.25, -0.2) is 0 Å². The van der Waals surface area contributed by atoms with Crippen molar-refractivity contribution >= 4 is 16.7 Å². The Labute approximate surface area is 101 Å². The molecule has 0 saturated heterocycles. The molecule has 1 N–H and O–H groups in total. The van der Waals surface area contributed by atoms with Gasteiger partial charge in [0.1, 0.15) is 0 Å². The van der Waals surface area contributed by atoms with Gasteiger partial charge in [0.15, 0.2) is 0 Å². The SMILES string of the molecule is CCC(Cc1ccc2ccccc2c1)C(=O)O. The molecule has 1 atom stereocenters. The maximum absolute atomic E-state index is 11.0. The van der Waals surface area contributed by atoms with Gasteiger partial charge >= 0.3 is 5.97 Å². The molecule has 2 rings (SSSR count). The van der Waals surface area contributed by atoms with E-state index in [0.29, 0.717) is 12.8 Å². The van der Waals surface area contributed by atoms with E-state index in [0.717, 1.165) is 5.56 Å². The first-order valence-corrected chi connectivity index (χ1v) is 5.91. The van der Waals surface area contributed by atoms with Crippen LogP contribution < -0.4 is 0 Å². The second kappa shape index (κ2) is 5.00. The molecule has 0 saturated carbocycles. The topological polar surface area (TPSA) is 37.3 Å². The van der Waals surface area contributed by atoms with E-state index in [1.54, 1.807) is 0 Å². The van der Waals surface area contributed by atoms with Crippen LogP contribution in [0.15, 0.2) is 42.5 Å². The Morgan fingerprint density at radius 3 is 2.53 bits per heavy atom. The standard InChI is InChI=1S/C15H16O2/c1-2-12(15(16)17)9-11-7-8-13-5-3-4-6-14(13)10-11/h3-8,10,12H,2,9H2,1H3,(H,16,17). The Morgan fingerprint density at radius 2 is 1.88 bits per heavy atom. The second-order valence-electron chi connectivity index (χ2n) is 4.33. The molecule has 0 aliphatic heterocycles. The number of rotatable bonds is 4. The van der Waals surface area contributed by atoms with Crippen LogP contribution in [0, 0.1) is 5.92 Å². The van der Waals surface area contributed by atoms with Gasteiger partial charge in [0.2, 0.25) is 0 Å². The Balaban J connectivity index is 2.27. The lowest BCUT2D eigenvalue weighted by atomic mass is 9.95. The lowest BCUT2D eigenvalue weighted by Crippen LogP contribution is -2.15. The highest BCUT2D eigenvalue weighted by Crippen LogP contribution is 2.19. The number of carboxylic acids is 1. The van der Waals surface area contributed by atoms with Gasteiger partial charge < -0.3 is 5.11 Å². The summed E-state index contributed by atoms with van der Waals surface area (Å²) in [6, 6.07) is 14.3. The molecule has 0 aliphatic rings. The molecule has 0 aromatic heterocycles. The number of fused-ring (bicyclic) bond motifs is 1. The van der Waals surface area contributed by atoms with Crippen LogP contribution in [0.4, 0.5) is 0 Å². The van der Waals surface area contributed by atoms with E-state index in [4.69, 9.17) is 5.11 Å². The number of aliphatic carboxylic acids is 1. The van der Waals surface area contributed by atoms with Crippen molar-refractivity contribution in [3.8, 4) is 0 Å². The summed E-state index contributed by atoms with van der Waals surface area (Å²) in [5.41, 5.74) is 1.10. The quantitative estimate of drug-likeness (QED) is 0.869. The molecule has 0 spiro atoms. The summed E-state index contributed by atoms with van der Waals surface area (Å²) in [7, 11) is 0. The van der Waals surface area contributed by atoms with Gasteiger partial charge in [-0.15, -0.1) is 0 Å². The van der Waals surface area contributed by atoms with Crippen LogP contribution >= 0.6 is 0 Å². The maximum atomic E-state index is 11.0. The third kappa shape index (κ3) is 2.64. The summed E-state index contributed by atoms with van der Waals surface area (Å²) in [5.74, 6) is -0.989. The van der Waals surface area contributed by atoms with Crippen LogP contribution in [0.1, 0.15) is 18.9 Å². The smallest absolute Gasteiger partial charge is 0.306 e. The number of hydrogen-bond donors (Lipinski definition) is 1. The van der Waals surface area contributed by atoms with Gasteiger partial charge in [0.05, 0.1) is 5.92 Å². The highest BCUT2D eigenvalue weighted by molar-refractivity contribution is 5.83. The molecular formula is C15H16O2. The van der Waals surface area contributed by atoms with Crippen LogP contribution in [0.2, 0.25) is 0 Å². The van der Waals surface area contributed by atoms with Crippen LogP contribution in [-0.4, -0.2) is 11.1 Å². The molecular weight excluding hydrogens is 212 g/mol. The third-order valence-electron chi connectivity index (χ3n) is 3.14. The van der Waals surface area contributed by atoms with Gasteiger partial charge in [-0.05, 0) is 29.2 Å². The average molecular weight is 228 g/mol. The molecule has 0 bridgehead atoms. The zero-order valence-corrected chi connectivity index (χ0v) is 9.89. The third-order valence-corrected chi connectivity index (χ3v) is 3.14. The molecule has 2 aromatic rings. The normalized spacial score (nSPS) is 12.5. The van der Waals surface area contributed by atoms with Crippen molar-refractivity contribution in [2.75, 3.05) is 0 Å². The van der Waals surface area contributed by atoms with Crippen LogP contribution in [0.3, 0.4) is 0 Å². The van der Waals surface area contributed by atoms with Crippen molar-refractivity contribution in [3.05, 3.63) is 48.0 Å². The zero-order valence-electron chi connectivity index (χ0n) is 9.89. The fourth-order valence-electron chi connectivity index (χ4n) is 2.06. The molecule has 1 unspecified atom stereocenters. The molecule has 88 valence electrons. The number of hydrogen-bond acceptors (Lipinski definition) is 1. The minimum Gasteiger partial charge on any atom is -0.481 e. The zero-order chi connectivity index (χ0) is 12.3. The van der Waals surface area contributed by atoms with E-state index in [1.165, 1.54) is 10.8 Å². The van der Waals surface area contributed by atoms with Crippen LogP contribution in [0.5, 0.6) is 0 Å². The summed E-state index contributed by atoms with van der Waals surface area (Å²) in [4.78, 5) is 11.0. The number of carbonyl (C=O) groups is 1. The van der Waals surface area contributed by atoms with Crippen molar-refractivity contribution in [2.45, 2.75) is 19.8 Å². The maximum Gasteiger partial charge on any atom is 0.306 e. The lowest BCUT2D eigenvalue weighted by molar-refractivity contribution is -0.141. The summed E-state index contributed by atoms with van der Waals surface area (Å²) in [6.45, 7) is 1.92. The van der Waals surface area contributed by atoms with Gasteiger partial charge in [0, 0.05) is 0 Å². The summed E-state index contributed by atoms with van der Waals surface area (Å²) < 4.78 is 0. The minimum atomic E-state index is -0.708. The molecule has 0 amide bonds. The number of carboxylic acid groups (broad SMARTS) is 1. The van der Waals surface area contributed by atoms with Crippen molar-refractivity contribution in [3.63, 3.8) is 0 Å². The van der Waals surface area contributed by atoms with Crippen molar-refractivity contribution in [2.24, 2.45) is 5.92 Å². The monoisotopic (exact) mass is 228 g/mol. The molecule has 17 heavy (non-hydrogen) atoms. The first-order chi connectivity index (χ1) is 8.20. The van der Waals surface area contributed by atoms with Crippen molar-refractivity contribution in [1.29, 1.82) is 0 Å². The van der Waals surface area contributed by atoms with Crippen LogP contribution in [0.25, 0.3) is 10.8 Å². The summed E-state index contributed by atoms with van der Waals surface area (Å²) in [5, 5.41) is 11.4. The molecule has 2 heteroatoms. The highest BCUT2D eigenvalue weighted by Gasteiger charge is 2.15. The highest BCUT2D eigenvalue weighted by atomic mass is 16.4. The first kappa shape index (κ1) is 11.6. The molecule has 0 radical (unpaired) electrons. The van der Waals surface area contributed by atoms with Gasteiger partial charge in [0.25, 0.3) is 0 Å². The van der Waals surface area contributed by atoms with E-state index in [-0.39, 0.29) is 5.92 Å². The Bertz CT molecular complexity index is 531. The van der Waals surface area contributed by atoms with Crippen LogP contribution in [-0.2, 0) is 11.2 Å². The molecule has 0 aliphatic carbocycles. The van der Waals surface area contributed by atoms with Gasteiger partial charge in [-0.1, -0.05) is 49.4 Å². The Morgan fingerprint density at radius 1 is 1.18 bits per heavy atom. The molecule has 2 nitrogen and oxygen atoms in total. The van der Waals surface area contributed by atoms with E-state index in [2.05, 4.69) is 24.3 Å².